The van der Waals surface area contributed by atoms with Crippen molar-refractivity contribution < 1.29 is 4.79 Å². The number of aromatic nitrogens is 1. The maximum absolute atomic E-state index is 13.4. The highest BCUT2D eigenvalue weighted by Gasteiger charge is 2.38. The Hall–Kier alpha value is -3.10. The molecular weight excluding hydrogens is 396 g/mol. The smallest absolute Gasteiger partial charge is 0.264 e. The molecule has 0 saturated carbocycles. The Kier molecular flexibility index (Phi) is 5.02. The molecule has 5 rings (SSSR count). The Morgan fingerprint density at radius 2 is 1.77 bits per heavy atom. The Bertz CT molecular complexity index is 1080. The molecule has 152 valence electrons. The number of nitrogens with zero attached hydrogens (tertiary/aromatic N) is 6. The Balaban J connectivity index is 1.47. The van der Waals surface area contributed by atoms with E-state index in [0.717, 1.165) is 42.0 Å². The van der Waals surface area contributed by atoms with E-state index in [9.17, 15) is 4.79 Å². The largest absolute Gasteiger partial charge is 0.303 e. The van der Waals surface area contributed by atoms with Crippen molar-refractivity contribution in [1.29, 1.82) is 0 Å². The van der Waals surface area contributed by atoms with Gasteiger partial charge in [0.25, 0.3) is 5.91 Å². The monoisotopic (exact) mass is 418 g/mol. The van der Waals surface area contributed by atoms with Crippen molar-refractivity contribution in [3.05, 3.63) is 60.2 Å². The summed E-state index contributed by atoms with van der Waals surface area (Å²) in [5, 5.41) is 13.4. The number of carbonyl (C=O) groups excluding carboxylic acids is 1. The van der Waals surface area contributed by atoms with Gasteiger partial charge in [0, 0.05) is 32.4 Å². The molecule has 7 nitrogen and oxygen atoms in total. The van der Waals surface area contributed by atoms with Crippen molar-refractivity contribution in [3.63, 3.8) is 0 Å². The predicted octanol–water partition coefficient (Wildman–Crippen LogP) is 2.90. The van der Waals surface area contributed by atoms with Crippen LogP contribution < -0.4 is 5.01 Å². The third-order valence-corrected chi connectivity index (χ3v) is 6.38. The zero-order valence-electron chi connectivity index (χ0n) is 16.7. The molecular formula is C22H22N6OS. The Morgan fingerprint density at radius 1 is 1.03 bits per heavy atom. The van der Waals surface area contributed by atoms with Crippen LogP contribution in [0.1, 0.15) is 5.56 Å². The van der Waals surface area contributed by atoms with Gasteiger partial charge in [0.05, 0.1) is 15.9 Å². The predicted molar refractivity (Wildman–Crippen MR) is 121 cm³/mol. The molecule has 0 radical (unpaired) electrons. The average Bonchev–Trinajstić information content (AvgIpc) is 3.35. The lowest BCUT2D eigenvalue weighted by Gasteiger charge is -2.30. The second-order valence-electron chi connectivity index (χ2n) is 7.46. The number of piperazine rings is 1. The first kappa shape index (κ1) is 18.9. The number of likely N-dealkylation sites (N-methyl/N-ethyl adjacent to an activating group) is 1. The molecule has 0 bridgehead atoms. The van der Waals surface area contributed by atoms with Gasteiger partial charge in [-0.15, -0.1) is 0 Å². The summed E-state index contributed by atoms with van der Waals surface area (Å²) in [4.78, 5) is 20.2. The third-order valence-electron chi connectivity index (χ3n) is 5.37. The van der Waals surface area contributed by atoms with Crippen LogP contribution >= 0.6 is 11.3 Å². The highest BCUT2D eigenvalue weighted by atomic mass is 32.1. The first-order valence-electron chi connectivity index (χ1n) is 10.00. The number of para-hydroxylation sites is 1. The topological polar surface area (TPSA) is 64.4 Å². The molecule has 2 aromatic carbocycles. The number of carbonyl (C=O) groups is 1. The Morgan fingerprint density at radius 3 is 2.53 bits per heavy atom. The molecule has 0 aliphatic carbocycles. The number of hydrogen-bond donors (Lipinski definition) is 0. The van der Waals surface area contributed by atoms with E-state index in [1.54, 1.807) is 6.21 Å². The first-order chi connectivity index (χ1) is 14.7. The molecule has 3 aromatic rings. The van der Waals surface area contributed by atoms with Crippen LogP contribution in [0, 0.1) is 5.92 Å². The van der Waals surface area contributed by atoms with E-state index in [0.29, 0.717) is 10.8 Å². The minimum atomic E-state index is -0.529. The molecule has 0 N–H and O–H groups in total. The van der Waals surface area contributed by atoms with Gasteiger partial charge in [-0.3, -0.25) is 9.80 Å². The van der Waals surface area contributed by atoms with Crippen LogP contribution in [0.4, 0.5) is 5.13 Å². The lowest BCUT2D eigenvalue weighted by molar-refractivity contribution is -0.118. The van der Waals surface area contributed by atoms with Crippen LogP contribution in [0.2, 0.25) is 0 Å². The fourth-order valence-corrected chi connectivity index (χ4v) is 4.53. The summed E-state index contributed by atoms with van der Waals surface area (Å²) < 4.78 is 1.03. The van der Waals surface area contributed by atoms with Gasteiger partial charge in [0.1, 0.15) is 5.92 Å². The average molecular weight is 419 g/mol. The number of thiazole rings is 1. The quantitative estimate of drug-likeness (QED) is 0.611. The van der Waals surface area contributed by atoms with Gasteiger partial charge >= 0.3 is 0 Å². The van der Waals surface area contributed by atoms with Gasteiger partial charge in [-0.1, -0.05) is 53.8 Å². The number of rotatable bonds is 4. The van der Waals surface area contributed by atoms with Gasteiger partial charge < -0.3 is 4.90 Å². The number of anilines is 1. The van der Waals surface area contributed by atoms with Gasteiger partial charge in [0.2, 0.25) is 5.13 Å². The van der Waals surface area contributed by atoms with Crippen LogP contribution in [0.5, 0.6) is 0 Å². The molecule has 1 fully saturated rings. The summed E-state index contributed by atoms with van der Waals surface area (Å²) >= 11 is 1.47. The molecule has 0 spiro atoms. The normalized spacial score (nSPS) is 20.5. The van der Waals surface area contributed by atoms with Crippen LogP contribution in [0.3, 0.4) is 0 Å². The summed E-state index contributed by atoms with van der Waals surface area (Å²) in [5.41, 5.74) is 2.50. The molecule has 1 amide bonds. The molecule has 1 unspecified atom stereocenters. The second-order valence-corrected chi connectivity index (χ2v) is 8.47. The lowest BCUT2D eigenvalue weighted by atomic mass is 9.98. The molecule has 8 heteroatoms. The van der Waals surface area contributed by atoms with Gasteiger partial charge in [-0.25, -0.2) is 4.98 Å². The number of hydrazone groups is 2. The molecule has 2 aliphatic rings. The summed E-state index contributed by atoms with van der Waals surface area (Å²) in [6.07, 6.45) is 1.74. The summed E-state index contributed by atoms with van der Waals surface area (Å²) in [5.74, 6) is -0.648. The molecule has 1 aromatic heterocycles. The summed E-state index contributed by atoms with van der Waals surface area (Å²) in [7, 11) is 2.11. The van der Waals surface area contributed by atoms with Crippen molar-refractivity contribution in [3.8, 4) is 0 Å². The van der Waals surface area contributed by atoms with Crippen molar-refractivity contribution in [1.82, 2.24) is 14.9 Å². The van der Waals surface area contributed by atoms with E-state index in [-0.39, 0.29) is 5.91 Å². The van der Waals surface area contributed by atoms with Crippen molar-refractivity contribution in [2.24, 2.45) is 16.1 Å². The summed E-state index contributed by atoms with van der Waals surface area (Å²) in [6, 6.07) is 17.7. The van der Waals surface area contributed by atoms with Crippen LogP contribution in [-0.2, 0) is 4.79 Å². The molecule has 1 atom stereocenters. The molecule has 2 aliphatic heterocycles. The number of amides is 1. The lowest BCUT2D eigenvalue weighted by Crippen LogP contribution is -2.42. The highest BCUT2D eigenvalue weighted by molar-refractivity contribution is 7.22. The zero-order chi connectivity index (χ0) is 20.5. The van der Waals surface area contributed by atoms with Gasteiger partial charge in [0.15, 0.2) is 0 Å². The van der Waals surface area contributed by atoms with Crippen molar-refractivity contribution >= 4 is 44.5 Å². The SMILES string of the molecule is CN1CCN(N=CC2C(=O)N(c3nc4ccccc4s3)N=C2c2ccccc2)CC1. The highest BCUT2D eigenvalue weighted by Crippen LogP contribution is 2.33. The maximum atomic E-state index is 13.4. The van der Waals surface area contributed by atoms with Crippen LogP contribution in [0.25, 0.3) is 10.2 Å². The van der Waals surface area contributed by atoms with E-state index in [1.807, 2.05) is 59.6 Å². The van der Waals surface area contributed by atoms with Crippen LogP contribution in [-0.4, -0.2) is 66.0 Å². The first-order valence-corrected chi connectivity index (χ1v) is 10.8. The fourth-order valence-electron chi connectivity index (χ4n) is 3.61. The number of hydrogen-bond acceptors (Lipinski definition) is 7. The van der Waals surface area contributed by atoms with E-state index < -0.39 is 5.92 Å². The number of benzene rings is 2. The molecule has 3 heterocycles. The Labute approximate surface area is 178 Å². The fraction of sp³-hybridized carbons (Fsp3) is 0.273. The van der Waals surface area contributed by atoms with E-state index >= 15 is 0 Å². The zero-order valence-corrected chi connectivity index (χ0v) is 17.5. The number of fused-ring (bicyclic) bond motifs is 1. The van der Waals surface area contributed by atoms with E-state index in [4.69, 9.17) is 5.10 Å². The minimum Gasteiger partial charge on any atom is -0.303 e. The third kappa shape index (κ3) is 3.59. The standard InChI is InChI=1S/C22H22N6OS/c1-26-11-13-27(14-12-26)23-15-17-20(16-7-3-2-4-8-16)25-28(21(17)29)22-24-18-9-5-6-10-19(18)30-22/h2-10,15,17H,11-14H2,1H3. The molecule has 1 saturated heterocycles. The minimum absolute atomic E-state index is 0.120. The van der Waals surface area contributed by atoms with Gasteiger partial charge in [-0.2, -0.15) is 15.2 Å². The maximum Gasteiger partial charge on any atom is 0.264 e. The van der Waals surface area contributed by atoms with Crippen LogP contribution in [0.15, 0.2) is 64.8 Å². The van der Waals surface area contributed by atoms with Crippen molar-refractivity contribution in [2.75, 3.05) is 38.2 Å². The summed E-state index contributed by atoms with van der Waals surface area (Å²) in [6.45, 7) is 3.64. The van der Waals surface area contributed by atoms with Gasteiger partial charge in [-0.05, 0) is 24.7 Å². The van der Waals surface area contributed by atoms with E-state index in [2.05, 4.69) is 22.0 Å². The molecule has 30 heavy (non-hydrogen) atoms. The second kappa shape index (κ2) is 7.97. The van der Waals surface area contributed by atoms with E-state index in [1.165, 1.54) is 16.3 Å². The van der Waals surface area contributed by atoms with Crippen molar-refractivity contribution in [2.45, 2.75) is 0 Å².